The van der Waals surface area contributed by atoms with Gasteiger partial charge in [-0.2, -0.15) is 0 Å². The van der Waals surface area contributed by atoms with Gasteiger partial charge in [-0.25, -0.2) is 18.4 Å². The van der Waals surface area contributed by atoms with Crippen LogP contribution in [0, 0.1) is 11.6 Å². The Hall–Kier alpha value is -5.01. The van der Waals surface area contributed by atoms with Crippen LogP contribution in [-0.2, 0) is 16.0 Å². The van der Waals surface area contributed by atoms with Gasteiger partial charge in [0.05, 0.1) is 12.7 Å². The Morgan fingerprint density at radius 1 is 1.05 bits per heavy atom. The molecule has 42 heavy (non-hydrogen) atoms. The molecule has 0 spiro atoms. The number of nitrogens with zero attached hydrogens (tertiary/aromatic N) is 1. The van der Waals surface area contributed by atoms with Crippen LogP contribution in [0.4, 0.5) is 18.4 Å². The van der Waals surface area contributed by atoms with E-state index in [4.69, 9.17) is 9.15 Å². The van der Waals surface area contributed by atoms with Crippen molar-refractivity contribution in [3.63, 3.8) is 0 Å². The number of hydrogen-bond acceptors (Lipinski definition) is 7. The van der Waals surface area contributed by atoms with Crippen LogP contribution in [0.5, 0.6) is 5.75 Å². The number of likely N-dealkylation sites (N-methyl/N-ethyl adjacent to an activating group) is 1. The third-order valence-electron chi connectivity index (χ3n) is 7.07. The van der Waals surface area contributed by atoms with E-state index in [1.165, 1.54) is 24.1 Å². The zero-order chi connectivity index (χ0) is 30.8. The summed E-state index contributed by atoms with van der Waals surface area (Å²) in [5.74, 6) is -1.54. The van der Waals surface area contributed by atoms with Crippen molar-refractivity contribution in [2.24, 2.45) is 0 Å². The molecular weight excluding hydrogens is 556 g/mol. The third kappa shape index (κ3) is 6.01. The van der Waals surface area contributed by atoms with Crippen molar-refractivity contribution in [2.45, 2.75) is 38.3 Å². The molecule has 3 aromatic rings. The van der Waals surface area contributed by atoms with E-state index in [1.54, 1.807) is 38.2 Å². The van der Waals surface area contributed by atoms with Gasteiger partial charge in [-0.05, 0) is 49.6 Å². The summed E-state index contributed by atoms with van der Waals surface area (Å²) < 4.78 is 36.9. The molecular formula is C28H29F2N5O7. The fourth-order valence-electron chi connectivity index (χ4n) is 4.39. The Bertz CT molecular complexity index is 1590. The lowest BCUT2D eigenvalue weighted by molar-refractivity contribution is -0.123. The molecule has 1 unspecified atom stereocenters. The topological polar surface area (TPSA) is 159 Å². The number of benzene rings is 2. The van der Waals surface area contributed by atoms with Crippen LogP contribution >= 0.6 is 0 Å². The largest absolute Gasteiger partial charge is 0.494 e. The van der Waals surface area contributed by atoms with Crippen LogP contribution in [-0.4, -0.2) is 60.9 Å². The molecule has 3 aliphatic rings. The summed E-state index contributed by atoms with van der Waals surface area (Å²) in [6.07, 6.45) is 1.31. The van der Waals surface area contributed by atoms with Gasteiger partial charge in [-0.3, -0.25) is 25.0 Å². The molecule has 2 saturated heterocycles. The van der Waals surface area contributed by atoms with Crippen LogP contribution < -0.4 is 26.0 Å². The summed E-state index contributed by atoms with van der Waals surface area (Å²) in [6, 6.07) is 7.19. The number of urea groups is 2. The molecule has 2 atom stereocenters. The van der Waals surface area contributed by atoms with Crippen molar-refractivity contribution in [3.8, 4) is 5.75 Å². The summed E-state index contributed by atoms with van der Waals surface area (Å²) in [6.45, 7) is 4.19. The van der Waals surface area contributed by atoms with Gasteiger partial charge in [0.1, 0.15) is 22.7 Å². The molecule has 12 nitrogen and oxygen atoms in total. The first-order chi connectivity index (χ1) is 19.9. The Balaban J connectivity index is 0.000000150. The van der Waals surface area contributed by atoms with Gasteiger partial charge in [0, 0.05) is 25.0 Å². The highest BCUT2D eigenvalue weighted by atomic mass is 19.1. The molecule has 0 radical (unpaired) electrons. The summed E-state index contributed by atoms with van der Waals surface area (Å²) in [5, 5.41) is 9.88. The monoisotopic (exact) mass is 585 g/mol. The molecule has 0 saturated carbocycles. The smallest absolute Gasteiger partial charge is 0.322 e. The van der Waals surface area contributed by atoms with Crippen molar-refractivity contribution < 1.29 is 41.9 Å². The zero-order valence-electron chi connectivity index (χ0n) is 23.2. The number of methoxy groups -OCH3 is 1. The molecule has 4 heterocycles. The predicted octanol–water partition coefficient (Wildman–Crippen LogP) is 2.91. The van der Waals surface area contributed by atoms with Crippen LogP contribution in [0.15, 0.2) is 40.8 Å². The number of halogens is 2. The maximum absolute atomic E-state index is 13.8. The maximum Gasteiger partial charge on any atom is 0.322 e. The lowest BCUT2D eigenvalue weighted by atomic mass is 9.98. The van der Waals surface area contributed by atoms with Crippen LogP contribution in [0.1, 0.15) is 48.0 Å². The van der Waals surface area contributed by atoms with E-state index in [-0.39, 0.29) is 28.9 Å². The minimum atomic E-state index is -0.849. The number of amides is 7. The molecule has 1 aromatic heterocycles. The summed E-state index contributed by atoms with van der Waals surface area (Å²) >= 11 is 0. The molecule has 6 rings (SSSR count). The highest BCUT2D eigenvalue weighted by Crippen LogP contribution is 2.28. The number of hydrogen-bond donors (Lipinski definition) is 4. The molecule has 0 aliphatic carbocycles. The first-order valence-corrected chi connectivity index (χ1v) is 12.9. The van der Waals surface area contributed by atoms with Gasteiger partial charge in [0.25, 0.3) is 17.7 Å². The normalized spacial score (nSPS) is 20.9. The fraction of sp³-hybridized carbons (Fsp3) is 0.321. The zero-order valence-corrected chi connectivity index (χ0v) is 23.2. The third-order valence-corrected chi connectivity index (χ3v) is 7.07. The van der Waals surface area contributed by atoms with E-state index in [0.717, 1.165) is 5.56 Å². The van der Waals surface area contributed by atoms with Crippen molar-refractivity contribution in [3.05, 3.63) is 64.9 Å². The van der Waals surface area contributed by atoms with Gasteiger partial charge >= 0.3 is 12.1 Å². The quantitative estimate of drug-likeness (QED) is 0.344. The number of fused-ring (bicyclic) bond motifs is 2. The number of rotatable bonds is 3. The highest BCUT2D eigenvalue weighted by molar-refractivity contribution is 6.06. The minimum absolute atomic E-state index is 0.123. The Kier molecular flexibility index (Phi) is 8.45. The van der Waals surface area contributed by atoms with E-state index < -0.39 is 41.2 Å². The molecule has 4 N–H and O–H groups in total. The second-order valence-corrected chi connectivity index (χ2v) is 9.91. The first-order valence-electron chi connectivity index (χ1n) is 12.9. The maximum atomic E-state index is 13.8. The average molecular weight is 586 g/mol. The molecule has 3 aliphatic heterocycles. The molecule has 0 bridgehead atoms. The van der Waals surface area contributed by atoms with E-state index in [2.05, 4.69) is 21.3 Å². The second-order valence-electron chi connectivity index (χ2n) is 9.91. The van der Waals surface area contributed by atoms with Crippen LogP contribution in [0.2, 0.25) is 0 Å². The van der Waals surface area contributed by atoms with Gasteiger partial charge in [-0.1, -0.05) is 13.0 Å². The van der Waals surface area contributed by atoms with Crippen molar-refractivity contribution in [1.29, 1.82) is 0 Å². The minimum Gasteiger partial charge on any atom is -0.494 e. The van der Waals surface area contributed by atoms with Gasteiger partial charge < -0.3 is 24.7 Å². The number of carbonyl (C=O) groups excluding carboxylic acids is 5. The molecule has 2 aromatic carbocycles. The Morgan fingerprint density at radius 2 is 1.79 bits per heavy atom. The number of furan rings is 1. The van der Waals surface area contributed by atoms with E-state index in [9.17, 15) is 32.8 Å². The van der Waals surface area contributed by atoms with Crippen molar-refractivity contribution in [1.82, 2.24) is 26.2 Å². The SMILES string of the molecule is CC[C@@]1(C)NC(=O)NC1=O.COc1ccc2c(c1F)C(=O)N(C)CC2.O=C1NC(=O)C(c2cc3ccc(F)cc3o2)N1. The Labute approximate surface area is 238 Å². The average Bonchev–Trinajstić information content (AvgIpc) is 3.60. The number of imide groups is 2. The van der Waals surface area contributed by atoms with Crippen LogP contribution in [0.25, 0.3) is 11.0 Å². The fourth-order valence-corrected chi connectivity index (χ4v) is 4.39. The standard InChI is InChI=1S/C11H7FN2O3.C11H12FNO2.C6H10N2O2/c12-6-2-1-5-3-8(17-7(5)4-6)9-10(15)14-11(16)13-9;1-13-6-5-7-3-4-8(15-2)10(12)9(7)11(13)14;1-3-6(2)4(9)7-5(10)8-6/h1-4,9H,(H2,13,14,15,16);3-4H,5-6H2,1-2H3;3H2,1-2H3,(H2,7,8,9,10)/t;;6-/m..1/s1. The second kappa shape index (κ2) is 11.8. The van der Waals surface area contributed by atoms with E-state index in [0.29, 0.717) is 30.4 Å². The lowest BCUT2D eigenvalue weighted by Gasteiger charge is -2.25. The number of ether oxygens (including phenoxy) is 1. The van der Waals surface area contributed by atoms with E-state index in [1.807, 2.05) is 6.92 Å². The Morgan fingerprint density at radius 3 is 2.36 bits per heavy atom. The number of carbonyl (C=O) groups is 5. The van der Waals surface area contributed by atoms with Gasteiger partial charge in [0.2, 0.25) is 0 Å². The summed E-state index contributed by atoms with van der Waals surface area (Å²) in [4.78, 5) is 57.1. The first kappa shape index (κ1) is 30.0. The molecule has 14 heteroatoms. The highest BCUT2D eigenvalue weighted by Gasteiger charge is 2.40. The van der Waals surface area contributed by atoms with E-state index >= 15 is 0 Å². The molecule has 7 amide bonds. The summed E-state index contributed by atoms with van der Waals surface area (Å²) in [7, 11) is 3.06. The van der Waals surface area contributed by atoms with Crippen molar-refractivity contribution >= 4 is 40.8 Å². The van der Waals surface area contributed by atoms with Crippen molar-refractivity contribution in [2.75, 3.05) is 20.7 Å². The number of nitrogens with one attached hydrogen (secondary N) is 4. The predicted molar refractivity (Wildman–Crippen MR) is 145 cm³/mol. The van der Waals surface area contributed by atoms with Gasteiger partial charge in [-0.15, -0.1) is 0 Å². The van der Waals surface area contributed by atoms with Crippen LogP contribution in [0.3, 0.4) is 0 Å². The molecule has 2 fully saturated rings. The molecule has 222 valence electrons. The lowest BCUT2D eigenvalue weighted by Crippen LogP contribution is -2.42. The summed E-state index contributed by atoms with van der Waals surface area (Å²) in [5.41, 5.74) is 0.574. The van der Waals surface area contributed by atoms with Gasteiger partial charge in [0.15, 0.2) is 17.6 Å².